The van der Waals surface area contributed by atoms with Gasteiger partial charge in [0.05, 0.1) is 43.0 Å². The molecule has 0 fully saturated rings. The molecule has 1 N–H and O–H groups in total. The Kier molecular flexibility index (Phi) is 10.2. The zero-order valence-electron chi connectivity index (χ0n) is 23.5. The molecule has 11 heteroatoms. The number of alkyl carbamates (subject to hydrolysis) is 1. The number of nitrogens with one attached hydrogen (secondary N) is 1. The number of hydrogen-bond donors (Lipinski definition) is 1. The third-order valence-corrected chi connectivity index (χ3v) is 7.70. The predicted molar refractivity (Wildman–Crippen MR) is 155 cm³/mol. The maximum atomic E-state index is 14.0. The van der Waals surface area contributed by atoms with Crippen molar-refractivity contribution in [3.63, 3.8) is 0 Å². The van der Waals surface area contributed by atoms with Crippen LogP contribution >= 0.6 is 11.6 Å². The Morgan fingerprint density at radius 2 is 1.52 bits per heavy atom. The standard InChI is InChI=1S/C29H35ClN2O7S/c1-7-38-22-12-14-23(15-13-22)40(34,35)32(25-17-26(36-5)24(30)16-27(25)37-6)19-21-10-8-20(9-11-21)18-31-28(33)39-29(2,3)4/h8-17H,7,18-19H2,1-6H3,(H,31,33). The third kappa shape index (κ3) is 7.95. The van der Waals surface area contributed by atoms with Crippen LogP contribution in [0.3, 0.4) is 0 Å². The van der Waals surface area contributed by atoms with E-state index in [1.807, 2.05) is 19.1 Å². The Hall–Kier alpha value is -3.63. The SMILES string of the molecule is CCOc1ccc(S(=O)(=O)N(Cc2ccc(CNC(=O)OC(C)(C)C)cc2)c2cc(OC)c(Cl)cc2OC)cc1. The monoisotopic (exact) mass is 590 g/mol. The predicted octanol–water partition coefficient (Wildman–Crippen LogP) is 6.18. The van der Waals surface area contributed by atoms with Gasteiger partial charge in [0, 0.05) is 18.7 Å². The first-order valence-electron chi connectivity index (χ1n) is 12.6. The fraction of sp³-hybridized carbons (Fsp3) is 0.345. The lowest BCUT2D eigenvalue weighted by Crippen LogP contribution is -2.32. The first-order chi connectivity index (χ1) is 18.9. The van der Waals surface area contributed by atoms with Gasteiger partial charge in [-0.05, 0) is 63.1 Å². The highest BCUT2D eigenvalue weighted by Crippen LogP contribution is 2.41. The summed E-state index contributed by atoms with van der Waals surface area (Å²) in [5, 5.41) is 2.99. The van der Waals surface area contributed by atoms with Crippen molar-refractivity contribution in [2.45, 2.75) is 51.3 Å². The molecular weight excluding hydrogens is 556 g/mol. The van der Waals surface area contributed by atoms with Crippen molar-refractivity contribution < 1.29 is 32.2 Å². The molecule has 0 unspecified atom stereocenters. The van der Waals surface area contributed by atoms with Crippen molar-refractivity contribution in [3.8, 4) is 17.2 Å². The maximum Gasteiger partial charge on any atom is 0.407 e. The smallest absolute Gasteiger partial charge is 0.407 e. The van der Waals surface area contributed by atoms with Gasteiger partial charge in [0.1, 0.15) is 22.8 Å². The van der Waals surface area contributed by atoms with Crippen LogP contribution < -0.4 is 23.8 Å². The number of rotatable bonds is 11. The summed E-state index contributed by atoms with van der Waals surface area (Å²) in [6.45, 7) is 7.93. The largest absolute Gasteiger partial charge is 0.495 e. The normalized spacial score (nSPS) is 11.5. The first kappa shape index (κ1) is 30.9. The molecule has 0 spiro atoms. The fourth-order valence-electron chi connectivity index (χ4n) is 3.76. The fourth-order valence-corrected chi connectivity index (χ4v) is 5.44. The summed E-state index contributed by atoms with van der Waals surface area (Å²) in [5.41, 5.74) is 1.18. The van der Waals surface area contributed by atoms with Gasteiger partial charge in [-0.25, -0.2) is 13.2 Å². The van der Waals surface area contributed by atoms with E-state index >= 15 is 0 Å². The van der Waals surface area contributed by atoms with Crippen LogP contribution in [-0.4, -0.2) is 40.9 Å². The van der Waals surface area contributed by atoms with E-state index in [0.717, 1.165) is 5.56 Å². The molecule has 0 aliphatic carbocycles. The van der Waals surface area contributed by atoms with Crippen LogP contribution in [-0.2, 0) is 27.8 Å². The molecule has 9 nitrogen and oxygen atoms in total. The number of halogens is 1. The van der Waals surface area contributed by atoms with Gasteiger partial charge in [-0.1, -0.05) is 35.9 Å². The van der Waals surface area contributed by atoms with Crippen molar-refractivity contribution >= 4 is 33.4 Å². The minimum Gasteiger partial charge on any atom is -0.495 e. The molecule has 0 bridgehead atoms. The minimum atomic E-state index is -4.08. The number of anilines is 1. The number of nitrogens with zero attached hydrogens (tertiary/aromatic N) is 1. The van der Waals surface area contributed by atoms with Crippen LogP contribution in [0.1, 0.15) is 38.8 Å². The molecule has 0 atom stereocenters. The van der Waals surface area contributed by atoms with Crippen LogP contribution in [0.25, 0.3) is 0 Å². The molecular formula is C29H35ClN2O7S. The van der Waals surface area contributed by atoms with Crippen LogP contribution in [0, 0.1) is 0 Å². The maximum absolute atomic E-state index is 14.0. The quantitative estimate of drug-likeness (QED) is 0.284. The average molecular weight is 591 g/mol. The topological polar surface area (TPSA) is 103 Å². The van der Waals surface area contributed by atoms with Gasteiger partial charge in [-0.2, -0.15) is 0 Å². The van der Waals surface area contributed by atoms with Crippen LogP contribution in [0.15, 0.2) is 65.6 Å². The summed E-state index contributed by atoms with van der Waals surface area (Å²) in [7, 11) is -1.19. The second kappa shape index (κ2) is 13.1. The molecule has 0 heterocycles. The van der Waals surface area contributed by atoms with Gasteiger partial charge in [0.2, 0.25) is 0 Å². The average Bonchev–Trinajstić information content (AvgIpc) is 2.90. The molecule has 216 valence electrons. The van der Waals surface area contributed by atoms with E-state index in [1.165, 1.54) is 42.8 Å². The molecule has 1 amide bonds. The van der Waals surface area contributed by atoms with E-state index in [2.05, 4.69) is 5.32 Å². The zero-order chi connectivity index (χ0) is 29.5. The lowest BCUT2D eigenvalue weighted by Gasteiger charge is -2.27. The summed E-state index contributed by atoms with van der Waals surface area (Å²) in [6.07, 6.45) is -0.520. The molecule has 0 saturated heterocycles. The van der Waals surface area contributed by atoms with E-state index < -0.39 is 21.7 Å². The van der Waals surface area contributed by atoms with Gasteiger partial charge in [-0.3, -0.25) is 4.31 Å². The first-order valence-corrected chi connectivity index (χ1v) is 14.4. The number of amides is 1. The minimum absolute atomic E-state index is 0.0174. The Bertz CT molecular complexity index is 1400. The zero-order valence-corrected chi connectivity index (χ0v) is 25.1. The van der Waals surface area contributed by atoms with E-state index in [9.17, 15) is 13.2 Å². The van der Waals surface area contributed by atoms with Gasteiger partial charge < -0.3 is 24.3 Å². The lowest BCUT2D eigenvalue weighted by atomic mass is 10.1. The van der Waals surface area contributed by atoms with Crippen LogP contribution in [0.2, 0.25) is 5.02 Å². The molecule has 3 rings (SSSR count). The van der Waals surface area contributed by atoms with Gasteiger partial charge >= 0.3 is 6.09 Å². The van der Waals surface area contributed by atoms with E-state index in [0.29, 0.717) is 23.7 Å². The van der Waals surface area contributed by atoms with Crippen LogP contribution in [0.4, 0.5) is 10.5 Å². The van der Waals surface area contributed by atoms with Crippen molar-refractivity contribution in [3.05, 3.63) is 76.8 Å². The second-order valence-corrected chi connectivity index (χ2v) is 12.0. The van der Waals surface area contributed by atoms with E-state index in [4.69, 9.17) is 30.5 Å². The molecule has 0 aliphatic rings. The number of hydrogen-bond acceptors (Lipinski definition) is 7. The van der Waals surface area contributed by atoms with E-state index in [1.54, 1.807) is 45.0 Å². The van der Waals surface area contributed by atoms with Crippen LogP contribution in [0.5, 0.6) is 17.2 Å². The number of ether oxygens (including phenoxy) is 4. The van der Waals surface area contributed by atoms with Gasteiger partial charge in [0.25, 0.3) is 10.0 Å². The second-order valence-electron chi connectivity index (χ2n) is 9.75. The number of sulfonamides is 1. The molecule has 40 heavy (non-hydrogen) atoms. The summed E-state index contributed by atoms with van der Waals surface area (Å²) in [5.74, 6) is 1.13. The Morgan fingerprint density at radius 1 is 0.925 bits per heavy atom. The van der Waals surface area contributed by atoms with Gasteiger partial charge in [0.15, 0.2) is 0 Å². The van der Waals surface area contributed by atoms with Crippen molar-refractivity contribution in [2.24, 2.45) is 0 Å². The summed E-state index contributed by atoms with van der Waals surface area (Å²) in [6, 6.07) is 16.5. The molecule has 0 radical (unpaired) electrons. The molecule has 3 aromatic carbocycles. The lowest BCUT2D eigenvalue weighted by molar-refractivity contribution is 0.0523. The highest BCUT2D eigenvalue weighted by Gasteiger charge is 2.29. The number of methoxy groups -OCH3 is 2. The summed E-state index contributed by atoms with van der Waals surface area (Å²) < 4.78 is 50.9. The third-order valence-electron chi connectivity index (χ3n) is 5.63. The summed E-state index contributed by atoms with van der Waals surface area (Å²) >= 11 is 6.30. The van der Waals surface area contributed by atoms with Crippen molar-refractivity contribution in [1.29, 1.82) is 0 Å². The Morgan fingerprint density at radius 3 is 2.08 bits per heavy atom. The number of carbonyl (C=O) groups excluding carboxylic acids is 1. The summed E-state index contributed by atoms with van der Waals surface area (Å²) in [4.78, 5) is 12.1. The highest BCUT2D eigenvalue weighted by molar-refractivity contribution is 7.92. The number of benzene rings is 3. The van der Waals surface area contributed by atoms with Crippen molar-refractivity contribution in [1.82, 2.24) is 5.32 Å². The van der Waals surface area contributed by atoms with Gasteiger partial charge in [-0.15, -0.1) is 0 Å². The Labute approximate surface area is 241 Å². The van der Waals surface area contributed by atoms with Crippen molar-refractivity contribution in [2.75, 3.05) is 25.1 Å². The molecule has 0 aliphatic heterocycles. The van der Waals surface area contributed by atoms with E-state index in [-0.39, 0.29) is 34.4 Å². The molecule has 3 aromatic rings. The highest BCUT2D eigenvalue weighted by atomic mass is 35.5. The Balaban J connectivity index is 1.96. The number of carbonyl (C=O) groups is 1. The molecule has 0 aromatic heterocycles. The molecule has 0 saturated carbocycles.